The van der Waals surface area contributed by atoms with E-state index in [-0.39, 0.29) is 11.7 Å². The van der Waals surface area contributed by atoms with E-state index in [1.54, 1.807) is 24.1 Å². The van der Waals surface area contributed by atoms with Crippen molar-refractivity contribution in [3.63, 3.8) is 0 Å². The quantitative estimate of drug-likeness (QED) is 0.643. The lowest BCUT2D eigenvalue weighted by Crippen LogP contribution is -2.34. The monoisotopic (exact) mass is 392 g/mol. The highest BCUT2D eigenvalue weighted by Crippen LogP contribution is 2.35. The van der Waals surface area contributed by atoms with Crippen LogP contribution in [0.2, 0.25) is 0 Å². The van der Waals surface area contributed by atoms with Crippen LogP contribution in [0, 0.1) is 0 Å². The summed E-state index contributed by atoms with van der Waals surface area (Å²) in [6, 6.07) is 18.6. The summed E-state index contributed by atoms with van der Waals surface area (Å²) in [5.74, 6) is 1.53. The van der Waals surface area contributed by atoms with Crippen LogP contribution < -0.4 is 10.2 Å². The smallest absolute Gasteiger partial charge is 0.251 e. The summed E-state index contributed by atoms with van der Waals surface area (Å²) in [5.41, 5.74) is 2.21. The molecular formula is C22H20N2O3S. The number of anilines is 1. The van der Waals surface area contributed by atoms with E-state index in [0.717, 1.165) is 22.9 Å². The van der Waals surface area contributed by atoms with Crippen molar-refractivity contribution >= 4 is 29.1 Å². The number of ketones is 1. The minimum atomic E-state index is -0.163. The highest BCUT2D eigenvalue weighted by molar-refractivity contribution is 7.99. The topological polar surface area (TPSA) is 62.6 Å². The van der Waals surface area contributed by atoms with Gasteiger partial charge in [-0.05, 0) is 30.3 Å². The summed E-state index contributed by atoms with van der Waals surface area (Å²) >= 11 is 1.75. The van der Waals surface area contributed by atoms with Gasteiger partial charge >= 0.3 is 0 Å². The molecule has 5 nitrogen and oxygen atoms in total. The van der Waals surface area contributed by atoms with Crippen LogP contribution in [0.15, 0.2) is 76.2 Å². The highest BCUT2D eigenvalue weighted by atomic mass is 32.2. The first-order valence-electron chi connectivity index (χ1n) is 9.11. The van der Waals surface area contributed by atoms with Crippen LogP contribution in [0.1, 0.15) is 26.5 Å². The summed E-state index contributed by atoms with van der Waals surface area (Å²) < 4.78 is 5.25. The third kappa shape index (κ3) is 4.12. The molecule has 0 atom stereocenters. The number of fused-ring (bicyclic) bond motifs is 1. The van der Waals surface area contributed by atoms with Gasteiger partial charge in [-0.1, -0.05) is 30.3 Å². The van der Waals surface area contributed by atoms with Crippen molar-refractivity contribution in [1.82, 2.24) is 5.32 Å². The molecule has 1 aliphatic heterocycles. The Bertz CT molecular complexity index is 971. The van der Waals surface area contributed by atoms with Gasteiger partial charge in [-0.2, -0.15) is 0 Å². The van der Waals surface area contributed by atoms with E-state index >= 15 is 0 Å². The molecule has 4 rings (SSSR count). The maximum absolute atomic E-state index is 12.6. The summed E-state index contributed by atoms with van der Waals surface area (Å²) in [7, 11) is 0. The number of benzene rings is 2. The first-order chi connectivity index (χ1) is 13.7. The first-order valence-corrected chi connectivity index (χ1v) is 10.1. The van der Waals surface area contributed by atoms with Crippen LogP contribution >= 0.6 is 11.8 Å². The van der Waals surface area contributed by atoms with Crippen molar-refractivity contribution in [2.45, 2.75) is 11.4 Å². The minimum Gasteiger partial charge on any atom is -0.467 e. The Morgan fingerprint density at radius 2 is 1.89 bits per heavy atom. The minimum absolute atomic E-state index is 0.0751. The van der Waals surface area contributed by atoms with Crippen LogP contribution in [0.25, 0.3) is 0 Å². The number of hydrogen-bond acceptors (Lipinski definition) is 5. The molecule has 2 aromatic carbocycles. The molecule has 0 saturated heterocycles. The van der Waals surface area contributed by atoms with E-state index in [4.69, 9.17) is 4.42 Å². The molecule has 0 fully saturated rings. The molecule has 1 aliphatic rings. The Labute approximate surface area is 167 Å². The van der Waals surface area contributed by atoms with Crippen molar-refractivity contribution < 1.29 is 14.0 Å². The Hall–Kier alpha value is -2.99. The average molecular weight is 392 g/mol. The molecule has 142 valence electrons. The van der Waals surface area contributed by atoms with Gasteiger partial charge in [0, 0.05) is 28.3 Å². The van der Waals surface area contributed by atoms with Gasteiger partial charge in [-0.3, -0.25) is 9.59 Å². The lowest BCUT2D eigenvalue weighted by Gasteiger charge is -2.30. The predicted molar refractivity (Wildman–Crippen MR) is 110 cm³/mol. The van der Waals surface area contributed by atoms with E-state index in [1.165, 1.54) is 0 Å². The third-order valence-corrected chi connectivity index (χ3v) is 5.66. The van der Waals surface area contributed by atoms with E-state index in [1.807, 2.05) is 54.6 Å². The molecule has 0 saturated carbocycles. The van der Waals surface area contributed by atoms with Gasteiger partial charge in [0.1, 0.15) is 5.76 Å². The van der Waals surface area contributed by atoms with E-state index < -0.39 is 0 Å². The number of amides is 1. The van der Waals surface area contributed by atoms with Crippen LogP contribution in [-0.4, -0.2) is 30.5 Å². The van der Waals surface area contributed by atoms with Crippen LogP contribution in [0.5, 0.6) is 0 Å². The number of Topliss-reactive ketones (excluding diaryl/α,β-unsaturated/α-hetero) is 1. The van der Waals surface area contributed by atoms with Gasteiger partial charge in [-0.15, -0.1) is 11.8 Å². The summed E-state index contributed by atoms with van der Waals surface area (Å²) in [5, 5.41) is 2.86. The molecule has 3 aromatic rings. The zero-order valence-corrected chi connectivity index (χ0v) is 16.1. The fourth-order valence-electron chi connectivity index (χ4n) is 3.15. The molecule has 0 bridgehead atoms. The van der Waals surface area contributed by atoms with Crippen LogP contribution in [0.4, 0.5) is 5.69 Å². The van der Waals surface area contributed by atoms with Gasteiger partial charge in [0.15, 0.2) is 5.78 Å². The Balaban J connectivity index is 1.50. The Kier molecular flexibility index (Phi) is 5.48. The summed E-state index contributed by atoms with van der Waals surface area (Å²) in [4.78, 5) is 28.3. The van der Waals surface area contributed by atoms with Crippen molar-refractivity contribution in [3.8, 4) is 0 Å². The highest BCUT2D eigenvalue weighted by Gasteiger charge is 2.22. The maximum Gasteiger partial charge on any atom is 0.251 e. The second-order valence-electron chi connectivity index (χ2n) is 6.50. The predicted octanol–water partition coefficient (Wildman–Crippen LogP) is 4.00. The number of furan rings is 1. The van der Waals surface area contributed by atoms with Crippen molar-refractivity contribution in [3.05, 3.63) is 83.8 Å². The Morgan fingerprint density at radius 3 is 2.68 bits per heavy atom. The maximum atomic E-state index is 12.6. The van der Waals surface area contributed by atoms with Gasteiger partial charge in [0.25, 0.3) is 5.91 Å². The average Bonchev–Trinajstić information content (AvgIpc) is 3.26. The summed E-state index contributed by atoms with van der Waals surface area (Å²) in [6.45, 7) is 1.41. The van der Waals surface area contributed by atoms with Gasteiger partial charge < -0.3 is 14.6 Å². The summed E-state index contributed by atoms with van der Waals surface area (Å²) in [6.07, 6.45) is 1.58. The molecular weight excluding hydrogens is 372 g/mol. The molecule has 6 heteroatoms. The lowest BCUT2D eigenvalue weighted by molar-refractivity contribution is 0.0947. The number of nitrogens with zero attached hydrogens (tertiary/aromatic N) is 1. The zero-order chi connectivity index (χ0) is 19.3. The molecule has 1 amide bonds. The lowest BCUT2D eigenvalue weighted by atomic mass is 10.1. The van der Waals surface area contributed by atoms with Gasteiger partial charge in [0.05, 0.1) is 25.0 Å². The number of carbonyl (C=O) groups excluding carboxylic acids is 2. The van der Waals surface area contributed by atoms with Crippen LogP contribution in [0.3, 0.4) is 0 Å². The second-order valence-corrected chi connectivity index (χ2v) is 7.64. The fourth-order valence-corrected chi connectivity index (χ4v) is 4.18. The molecule has 0 aliphatic carbocycles. The number of hydrogen-bond donors (Lipinski definition) is 1. The number of carbonyl (C=O) groups is 2. The number of thioether (sulfide) groups is 1. The number of rotatable bonds is 6. The molecule has 0 spiro atoms. The molecule has 28 heavy (non-hydrogen) atoms. The Morgan fingerprint density at radius 1 is 1.04 bits per heavy atom. The van der Waals surface area contributed by atoms with Crippen molar-refractivity contribution in [1.29, 1.82) is 0 Å². The molecule has 0 radical (unpaired) electrons. The first kappa shape index (κ1) is 18.4. The van der Waals surface area contributed by atoms with Crippen molar-refractivity contribution in [2.24, 2.45) is 0 Å². The molecule has 2 heterocycles. The molecule has 0 unspecified atom stereocenters. The largest absolute Gasteiger partial charge is 0.467 e. The zero-order valence-electron chi connectivity index (χ0n) is 15.3. The molecule has 1 aromatic heterocycles. The second kappa shape index (κ2) is 8.35. The normalized spacial score (nSPS) is 13.1. The van der Waals surface area contributed by atoms with E-state index in [0.29, 0.717) is 30.0 Å². The van der Waals surface area contributed by atoms with E-state index in [9.17, 15) is 9.59 Å². The standard InChI is InChI=1S/C22H20N2O3S/c25-20(16-5-2-1-3-6-16)15-24-10-12-28-21-9-8-17(13-19(21)24)22(26)23-14-18-7-4-11-27-18/h1-9,11,13H,10,12,14-15H2,(H,23,26). The van der Waals surface area contributed by atoms with Gasteiger partial charge in [-0.25, -0.2) is 0 Å². The fraction of sp³-hybridized carbons (Fsp3) is 0.182. The van der Waals surface area contributed by atoms with Gasteiger partial charge in [0.2, 0.25) is 0 Å². The number of nitrogens with one attached hydrogen (secondary N) is 1. The van der Waals surface area contributed by atoms with Crippen molar-refractivity contribution in [2.75, 3.05) is 23.7 Å². The SMILES string of the molecule is O=C(CN1CCSc2ccc(C(=O)NCc3ccco3)cc21)c1ccccc1. The van der Waals surface area contributed by atoms with Crippen LogP contribution in [-0.2, 0) is 6.54 Å². The third-order valence-electron chi connectivity index (χ3n) is 4.61. The van der Waals surface area contributed by atoms with E-state index in [2.05, 4.69) is 10.2 Å². The molecule has 1 N–H and O–H groups in total.